The molecule has 0 aliphatic carbocycles. The Bertz CT molecular complexity index is 1380. The number of nitrogens with one attached hydrogen (secondary N) is 2. The summed E-state index contributed by atoms with van der Waals surface area (Å²) in [6.45, 7) is 2.42. The molecule has 2 N–H and O–H groups in total. The topological polar surface area (TPSA) is 126 Å². The van der Waals surface area contributed by atoms with Crippen LogP contribution in [0.1, 0.15) is 36.7 Å². The standard InChI is InChI=1S/C24H25N3O6S/c1-16(33-24(30)21-15-17-7-3-4-8-20(17)23(29)26-21)22(28)25-18-9-11-19(12-10-18)34(31,32)27-13-5-2-6-14-27/h3-4,7-12,15-16H,2,5-6,13-14H2,1H3,(H,25,28)(H,26,29). The number of aromatic amines is 1. The number of esters is 1. The Morgan fingerprint density at radius 1 is 1.03 bits per heavy atom. The monoisotopic (exact) mass is 483 g/mol. The van der Waals surface area contributed by atoms with Gasteiger partial charge in [-0.25, -0.2) is 13.2 Å². The first kappa shape index (κ1) is 23.7. The minimum absolute atomic E-state index is 0.0596. The molecule has 0 bridgehead atoms. The minimum atomic E-state index is -3.57. The molecule has 2 aromatic carbocycles. The van der Waals surface area contributed by atoms with Crippen molar-refractivity contribution in [2.75, 3.05) is 18.4 Å². The number of hydrogen-bond donors (Lipinski definition) is 2. The van der Waals surface area contributed by atoms with Gasteiger partial charge in [-0.15, -0.1) is 0 Å². The van der Waals surface area contributed by atoms with Crippen LogP contribution in [0.15, 0.2) is 64.3 Å². The van der Waals surface area contributed by atoms with Crippen molar-refractivity contribution in [3.05, 3.63) is 70.6 Å². The van der Waals surface area contributed by atoms with E-state index in [2.05, 4.69) is 10.3 Å². The average molecular weight is 484 g/mol. The van der Waals surface area contributed by atoms with Crippen molar-refractivity contribution in [1.29, 1.82) is 0 Å². The lowest BCUT2D eigenvalue weighted by molar-refractivity contribution is -0.123. The van der Waals surface area contributed by atoms with Gasteiger partial charge in [0, 0.05) is 24.2 Å². The van der Waals surface area contributed by atoms with E-state index in [9.17, 15) is 22.8 Å². The third-order valence-electron chi connectivity index (χ3n) is 5.70. The minimum Gasteiger partial charge on any atom is -0.448 e. The van der Waals surface area contributed by atoms with Gasteiger partial charge in [0.05, 0.1) is 4.90 Å². The van der Waals surface area contributed by atoms with Gasteiger partial charge in [0.2, 0.25) is 10.0 Å². The number of sulfonamides is 1. The molecule has 1 saturated heterocycles. The number of H-pyrrole nitrogens is 1. The van der Waals surface area contributed by atoms with Crippen molar-refractivity contribution in [3.63, 3.8) is 0 Å². The molecule has 0 saturated carbocycles. The van der Waals surface area contributed by atoms with Crippen LogP contribution in [0.2, 0.25) is 0 Å². The Kier molecular flexibility index (Phi) is 6.80. The maximum absolute atomic E-state index is 12.7. The zero-order valence-electron chi connectivity index (χ0n) is 18.6. The number of carbonyl (C=O) groups excluding carboxylic acids is 2. The molecule has 1 atom stereocenters. The largest absolute Gasteiger partial charge is 0.448 e. The first-order valence-electron chi connectivity index (χ1n) is 11.0. The molecule has 34 heavy (non-hydrogen) atoms. The van der Waals surface area contributed by atoms with E-state index < -0.39 is 33.6 Å². The lowest BCUT2D eigenvalue weighted by Crippen LogP contribution is -2.35. The number of amides is 1. The Hall–Kier alpha value is -3.50. The molecule has 2 heterocycles. The number of hydrogen-bond acceptors (Lipinski definition) is 6. The zero-order chi connectivity index (χ0) is 24.3. The molecule has 1 fully saturated rings. The molecule has 3 aromatic rings. The first-order valence-corrected chi connectivity index (χ1v) is 12.4. The van der Waals surface area contributed by atoms with Gasteiger partial charge in [0.1, 0.15) is 5.69 Å². The second-order valence-corrected chi connectivity index (χ2v) is 10.1. The van der Waals surface area contributed by atoms with Gasteiger partial charge in [-0.2, -0.15) is 4.31 Å². The van der Waals surface area contributed by atoms with Gasteiger partial charge in [0.25, 0.3) is 11.5 Å². The fourth-order valence-corrected chi connectivity index (χ4v) is 5.32. The van der Waals surface area contributed by atoms with Crippen LogP contribution >= 0.6 is 0 Å². The zero-order valence-corrected chi connectivity index (χ0v) is 19.4. The second kappa shape index (κ2) is 9.78. The number of pyridine rings is 1. The van der Waals surface area contributed by atoms with Crippen LogP contribution in [-0.4, -0.2) is 48.8 Å². The summed E-state index contributed by atoms with van der Waals surface area (Å²) in [6.07, 6.45) is 1.56. The summed E-state index contributed by atoms with van der Waals surface area (Å²) >= 11 is 0. The van der Waals surface area contributed by atoms with Crippen molar-refractivity contribution in [2.45, 2.75) is 37.2 Å². The van der Waals surface area contributed by atoms with E-state index in [0.717, 1.165) is 19.3 Å². The maximum atomic E-state index is 12.7. The van der Waals surface area contributed by atoms with Gasteiger partial charge in [-0.1, -0.05) is 24.6 Å². The summed E-state index contributed by atoms with van der Waals surface area (Å²) in [5.41, 5.74) is -0.123. The Labute approximate surface area is 196 Å². The summed E-state index contributed by atoms with van der Waals surface area (Å²) in [5, 5.41) is 3.62. The number of anilines is 1. The highest BCUT2D eigenvalue weighted by molar-refractivity contribution is 7.89. The van der Waals surface area contributed by atoms with Crippen molar-refractivity contribution in [2.24, 2.45) is 0 Å². The highest BCUT2D eigenvalue weighted by Crippen LogP contribution is 2.22. The van der Waals surface area contributed by atoms with Crippen LogP contribution in [0.5, 0.6) is 0 Å². The van der Waals surface area contributed by atoms with Crippen LogP contribution < -0.4 is 10.9 Å². The van der Waals surface area contributed by atoms with Gasteiger partial charge in [-0.3, -0.25) is 9.59 Å². The molecule has 1 aliphatic rings. The van der Waals surface area contributed by atoms with Crippen LogP contribution in [0.3, 0.4) is 0 Å². The molecule has 1 aromatic heterocycles. The Morgan fingerprint density at radius 3 is 2.41 bits per heavy atom. The van der Waals surface area contributed by atoms with Gasteiger partial charge in [-0.05, 0) is 61.5 Å². The number of carbonyl (C=O) groups is 2. The quantitative estimate of drug-likeness (QED) is 0.520. The molecular formula is C24H25N3O6S. The van der Waals surface area contributed by atoms with E-state index in [4.69, 9.17) is 4.74 Å². The third kappa shape index (κ3) is 5.02. The summed E-state index contributed by atoms with van der Waals surface area (Å²) in [4.78, 5) is 39.8. The van der Waals surface area contributed by atoms with Gasteiger partial charge < -0.3 is 15.0 Å². The number of rotatable bonds is 6. The van der Waals surface area contributed by atoms with Crippen LogP contribution in [0, 0.1) is 0 Å². The molecular weight excluding hydrogens is 458 g/mol. The lowest BCUT2D eigenvalue weighted by atomic mass is 10.1. The van der Waals surface area contributed by atoms with Crippen molar-refractivity contribution >= 4 is 38.4 Å². The summed E-state index contributed by atoms with van der Waals surface area (Å²) in [7, 11) is -3.57. The molecule has 0 radical (unpaired) electrons. The van der Waals surface area contributed by atoms with Gasteiger partial charge in [0.15, 0.2) is 6.10 Å². The third-order valence-corrected chi connectivity index (χ3v) is 7.61. The van der Waals surface area contributed by atoms with Crippen LogP contribution in [0.25, 0.3) is 10.8 Å². The van der Waals surface area contributed by atoms with E-state index in [1.165, 1.54) is 41.6 Å². The summed E-state index contributed by atoms with van der Waals surface area (Å²) in [6, 6.07) is 14.2. The van der Waals surface area contributed by atoms with Crippen molar-refractivity contribution in [1.82, 2.24) is 9.29 Å². The predicted molar refractivity (Wildman–Crippen MR) is 127 cm³/mol. The number of ether oxygens (including phenoxy) is 1. The molecule has 1 amide bonds. The van der Waals surface area contributed by atoms with Crippen molar-refractivity contribution < 1.29 is 22.7 Å². The smallest absolute Gasteiger partial charge is 0.355 e. The highest BCUT2D eigenvalue weighted by Gasteiger charge is 2.26. The maximum Gasteiger partial charge on any atom is 0.355 e. The highest BCUT2D eigenvalue weighted by atomic mass is 32.2. The summed E-state index contributed by atoms with van der Waals surface area (Å²) < 4.78 is 32.2. The van der Waals surface area contributed by atoms with Crippen LogP contribution in [0.4, 0.5) is 5.69 Å². The first-order chi connectivity index (χ1) is 16.3. The van der Waals surface area contributed by atoms with Crippen LogP contribution in [-0.2, 0) is 19.6 Å². The molecule has 4 rings (SSSR count). The molecule has 178 valence electrons. The van der Waals surface area contributed by atoms with E-state index in [0.29, 0.717) is 29.5 Å². The normalized spacial score (nSPS) is 15.6. The van der Waals surface area contributed by atoms with Crippen molar-refractivity contribution in [3.8, 4) is 0 Å². The lowest BCUT2D eigenvalue weighted by Gasteiger charge is -2.25. The molecule has 0 spiro atoms. The molecule has 10 heteroatoms. The number of fused-ring (bicyclic) bond motifs is 1. The number of benzene rings is 2. The fourth-order valence-electron chi connectivity index (χ4n) is 3.81. The molecule has 1 unspecified atom stereocenters. The number of nitrogens with zero attached hydrogens (tertiary/aromatic N) is 1. The Morgan fingerprint density at radius 2 is 1.71 bits per heavy atom. The average Bonchev–Trinajstić information content (AvgIpc) is 2.84. The second-order valence-electron chi connectivity index (χ2n) is 8.13. The molecule has 1 aliphatic heterocycles. The van der Waals surface area contributed by atoms with E-state index in [-0.39, 0.29) is 10.6 Å². The van der Waals surface area contributed by atoms with E-state index >= 15 is 0 Å². The molecule has 9 nitrogen and oxygen atoms in total. The van der Waals surface area contributed by atoms with E-state index in [1.807, 2.05) is 0 Å². The fraction of sp³-hybridized carbons (Fsp3) is 0.292. The SMILES string of the molecule is CC(OC(=O)c1cc2ccccc2c(=O)[nH]1)C(=O)Nc1ccc(S(=O)(=O)N2CCCCC2)cc1. The van der Waals surface area contributed by atoms with E-state index in [1.54, 1.807) is 24.3 Å². The summed E-state index contributed by atoms with van der Waals surface area (Å²) in [5.74, 6) is -1.43. The van der Waals surface area contributed by atoms with Gasteiger partial charge >= 0.3 is 5.97 Å². The number of piperidine rings is 1. The Balaban J connectivity index is 1.40. The number of aromatic nitrogens is 1. The predicted octanol–water partition coefficient (Wildman–Crippen LogP) is 2.89.